The van der Waals surface area contributed by atoms with E-state index in [1.807, 2.05) is 49.5 Å². The van der Waals surface area contributed by atoms with Crippen LogP contribution in [-0.2, 0) is 16.0 Å². The van der Waals surface area contributed by atoms with Gasteiger partial charge in [0.2, 0.25) is 0 Å². The number of aromatic nitrogens is 1. The van der Waals surface area contributed by atoms with Crippen LogP contribution < -0.4 is 0 Å². The molecule has 1 saturated heterocycles. The summed E-state index contributed by atoms with van der Waals surface area (Å²) >= 11 is 0. The maximum Gasteiger partial charge on any atom is 0.295 e. The summed E-state index contributed by atoms with van der Waals surface area (Å²) in [7, 11) is 0. The van der Waals surface area contributed by atoms with E-state index in [1.165, 1.54) is 29.2 Å². The molecule has 0 spiro atoms. The van der Waals surface area contributed by atoms with Crippen LogP contribution >= 0.6 is 0 Å². The van der Waals surface area contributed by atoms with Gasteiger partial charge in [-0.1, -0.05) is 48.0 Å². The number of Topliss-reactive ketones (excluding diaryl/α,β-unsaturated/α-hetero) is 1. The van der Waals surface area contributed by atoms with E-state index in [4.69, 9.17) is 0 Å². The molecule has 2 heterocycles. The Morgan fingerprint density at radius 3 is 2.42 bits per heavy atom. The molecular weight excluding hydrogens is 458 g/mol. The van der Waals surface area contributed by atoms with Gasteiger partial charge in [-0.05, 0) is 42.7 Å². The Morgan fingerprint density at radius 1 is 1.03 bits per heavy atom. The Kier molecular flexibility index (Phi) is 5.85. The Hall–Kier alpha value is -4.72. The van der Waals surface area contributed by atoms with Crippen LogP contribution in [0.1, 0.15) is 28.3 Å². The Morgan fingerprint density at radius 2 is 1.72 bits per heavy atom. The van der Waals surface area contributed by atoms with E-state index in [-0.39, 0.29) is 23.6 Å². The lowest BCUT2D eigenvalue weighted by molar-refractivity contribution is -0.384. The number of para-hydroxylation sites is 1. The number of carbonyl (C=O) groups is 2. The number of likely N-dealkylation sites (tertiary alicyclic amines) is 1. The minimum absolute atomic E-state index is 0.0309. The summed E-state index contributed by atoms with van der Waals surface area (Å²) in [6.07, 6.45) is 2.36. The Balaban J connectivity index is 1.57. The number of rotatable bonds is 6. The molecule has 5 rings (SSSR count). The largest absolute Gasteiger partial charge is 0.507 e. The molecule has 1 amide bonds. The van der Waals surface area contributed by atoms with Crippen LogP contribution in [0.4, 0.5) is 5.69 Å². The van der Waals surface area contributed by atoms with Gasteiger partial charge >= 0.3 is 0 Å². The van der Waals surface area contributed by atoms with Crippen LogP contribution in [0, 0.1) is 17.0 Å². The molecule has 180 valence electrons. The van der Waals surface area contributed by atoms with E-state index in [9.17, 15) is 24.8 Å². The molecule has 8 nitrogen and oxygen atoms in total. The molecule has 4 aromatic rings. The minimum atomic E-state index is -0.877. The summed E-state index contributed by atoms with van der Waals surface area (Å²) in [5.41, 5.74) is 3.74. The molecule has 0 radical (unpaired) electrons. The van der Waals surface area contributed by atoms with Crippen molar-refractivity contribution in [2.45, 2.75) is 19.4 Å². The minimum Gasteiger partial charge on any atom is -0.507 e. The molecule has 1 aliphatic heterocycles. The molecule has 8 heteroatoms. The van der Waals surface area contributed by atoms with Crippen LogP contribution in [-0.4, -0.2) is 38.1 Å². The Bertz CT molecular complexity index is 1520. The van der Waals surface area contributed by atoms with E-state index in [1.54, 1.807) is 12.1 Å². The van der Waals surface area contributed by atoms with Gasteiger partial charge in [0.1, 0.15) is 5.76 Å². The molecule has 3 aromatic carbocycles. The summed E-state index contributed by atoms with van der Waals surface area (Å²) in [6.45, 7) is 2.13. The normalized spacial score (nSPS) is 17.1. The number of ketones is 1. The monoisotopic (exact) mass is 481 g/mol. The van der Waals surface area contributed by atoms with Gasteiger partial charge in [0, 0.05) is 41.3 Å². The number of aryl methyl sites for hydroxylation is 1. The summed E-state index contributed by atoms with van der Waals surface area (Å²) in [5.74, 6) is -1.77. The van der Waals surface area contributed by atoms with Gasteiger partial charge in [-0.15, -0.1) is 0 Å². The highest BCUT2D eigenvalue weighted by Gasteiger charge is 2.46. The second-order valence-corrected chi connectivity index (χ2v) is 8.82. The predicted molar refractivity (Wildman–Crippen MR) is 135 cm³/mol. The smallest absolute Gasteiger partial charge is 0.295 e. The van der Waals surface area contributed by atoms with Crippen LogP contribution in [0.15, 0.2) is 84.6 Å². The molecule has 0 aliphatic carbocycles. The number of nitrogens with zero attached hydrogens (tertiary/aromatic N) is 2. The SMILES string of the molecule is Cc1ccc(C(O)=C2C(=O)C(=O)N(CCc3c[nH]c4ccccc34)[C@H]2c2ccc([N+](=O)[O-])cc2)cc1. The van der Waals surface area contributed by atoms with Crippen molar-refractivity contribution in [1.29, 1.82) is 0 Å². The van der Waals surface area contributed by atoms with E-state index < -0.39 is 22.7 Å². The van der Waals surface area contributed by atoms with Crippen LogP contribution in [0.2, 0.25) is 0 Å². The lowest BCUT2D eigenvalue weighted by Crippen LogP contribution is -2.31. The van der Waals surface area contributed by atoms with Gasteiger partial charge < -0.3 is 15.0 Å². The predicted octanol–water partition coefficient (Wildman–Crippen LogP) is 5.05. The number of benzene rings is 3. The molecule has 2 N–H and O–H groups in total. The van der Waals surface area contributed by atoms with Gasteiger partial charge in [0.25, 0.3) is 17.4 Å². The number of nitrogens with one attached hydrogen (secondary N) is 1. The quantitative estimate of drug-likeness (QED) is 0.131. The molecule has 1 aliphatic rings. The van der Waals surface area contributed by atoms with Gasteiger partial charge in [0.05, 0.1) is 16.5 Å². The number of aromatic amines is 1. The number of hydrogen-bond donors (Lipinski definition) is 2. The summed E-state index contributed by atoms with van der Waals surface area (Å²) < 4.78 is 0. The van der Waals surface area contributed by atoms with E-state index in [0.717, 1.165) is 22.0 Å². The van der Waals surface area contributed by atoms with Gasteiger partial charge in [-0.25, -0.2) is 0 Å². The fraction of sp³-hybridized carbons (Fsp3) is 0.143. The number of aliphatic hydroxyl groups is 1. The van der Waals surface area contributed by atoms with E-state index >= 15 is 0 Å². The molecule has 0 unspecified atom stereocenters. The second kappa shape index (κ2) is 9.14. The lowest BCUT2D eigenvalue weighted by atomic mass is 9.94. The molecule has 1 aromatic heterocycles. The van der Waals surface area contributed by atoms with Crippen molar-refractivity contribution in [1.82, 2.24) is 9.88 Å². The summed E-state index contributed by atoms with van der Waals surface area (Å²) in [5, 5.41) is 23.3. The number of hydrogen-bond acceptors (Lipinski definition) is 5. The molecule has 0 bridgehead atoms. The first kappa shape index (κ1) is 23.0. The maximum atomic E-state index is 13.2. The molecule has 0 saturated carbocycles. The number of H-pyrrole nitrogens is 1. The number of aliphatic hydroxyl groups excluding tert-OH is 1. The zero-order valence-electron chi connectivity index (χ0n) is 19.5. The number of nitro benzene ring substituents is 1. The third-order valence-electron chi connectivity index (χ3n) is 6.58. The summed E-state index contributed by atoms with van der Waals surface area (Å²) in [4.78, 5) is 41.7. The van der Waals surface area contributed by atoms with Crippen molar-refractivity contribution >= 4 is 34.0 Å². The molecule has 1 atom stereocenters. The van der Waals surface area contributed by atoms with Crippen molar-refractivity contribution in [2.75, 3.05) is 6.54 Å². The van der Waals surface area contributed by atoms with Crippen molar-refractivity contribution < 1.29 is 19.6 Å². The van der Waals surface area contributed by atoms with Crippen molar-refractivity contribution in [3.05, 3.63) is 117 Å². The van der Waals surface area contributed by atoms with Crippen molar-refractivity contribution in [2.24, 2.45) is 0 Å². The van der Waals surface area contributed by atoms with Crippen LogP contribution in [0.3, 0.4) is 0 Å². The topological polar surface area (TPSA) is 117 Å². The molecule has 36 heavy (non-hydrogen) atoms. The molecule has 1 fully saturated rings. The number of non-ortho nitro benzene ring substituents is 1. The highest BCUT2D eigenvalue weighted by molar-refractivity contribution is 6.46. The fourth-order valence-corrected chi connectivity index (χ4v) is 4.68. The Labute approximate surface area is 206 Å². The first-order valence-corrected chi connectivity index (χ1v) is 11.5. The average Bonchev–Trinajstić information content (AvgIpc) is 3.41. The molecular formula is C28H23N3O5. The highest BCUT2D eigenvalue weighted by Crippen LogP contribution is 2.40. The third-order valence-corrected chi connectivity index (χ3v) is 6.58. The van der Waals surface area contributed by atoms with Gasteiger partial charge in [0.15, 0.2) is 0 Å². The lowest BCUT2D eigenvalue weighted by Gasteiger charge is -2.25. The van der Waals surface area contributed by atoms with Crippen molar-refractivity contribution in [3.63, 3.8) is 0 Å². The average molecular weight is 482 g/mol. The first-order valence-electron chi connectivity index (χ1n) is 11.5. The van der Waals surface area contributed by atoms with Crippen LogP contribution in [0.5, 0.6) is 0 Å². The third kappa shape index (κ3) is 4.02. The first-order chi connectivity index (χ1) is 17.3. The van der Waals surface area contributed by atoms with Crippen LogP contribution in [0.25, 0.3) is 16.7 Å². The maximum absolute atomic E-state index is 13.2. The zero-order valence-corrected chi connectivity index (χ0v) is 19.5. The second-order valence-electron chi connectivity index (χ2n) is 8.82. The van der Waals surface area contributed by atoms with Gasteiger partial charge in [-0.2, -0.15) is 0 Å². The standard InChI is InChI=1S/C28H23N3O5/c1-17-6-8-19(9-7-17)26(32)24-25(18-10-12-21(13-11-18)31(35)36)30(28(34)27(24)33)15-14-20-16-29-23-5-3-2-4-22(20)23/h2-13,16,25,29,32H,14-15H2,1H3/t25-/m0/s1. The number of nitro groups is 1. The van der Waals surface area contributed by atoms with Crippen molar-refractivity contribution in [3.8, 4) is 0 Å². The summed E-state index contributed by atoms with van der Waals surface area (Å²) in [6, 6.07) is 19.7. The number of carbonyl (C=O) groups excluding carboxylic acids is 2. The number of amides is 1. The zero-order chi connectivity index (χ0) is 25.4. The van der Waals surface area contributed by atoms with Gasteiger partial charge in [-0.3, -0.25) is 19.7 Å². The van der Waals surface area contributed by atoms with E-state index in [0.29, 0.717) is 17.5 Å². The number of fused-ring (bicyclic) bond motifs is 1. The highest BCUT2D eigenvalue weighted by atomic mass is 16.6. The van der Waals surface area contributed by atoms with E-state index in [2.05, 4.69) is 4.98 Å². The fourth-order valence-electron chi connectivity index (χ4n) is 4.68.